The molecular weight excluding hydrogens is 363 g/mol. The number of rotatable bonds is 4. The quantitative estimate of drug-likeness (QED) is 0.542. The molecule has 28 heavy (non-hydrogen) atoms. The van der Waals surface area contributed by atoms with Crippen molar-refractivity contribution in [2.24, 2.45) is 0 Å². The van der Waals surface area contributed by atoms with E-state index in [1.54, 1.807) is 29.8 Å². The third-order valence-corrected chi connectivity index (χ3v) is 4.64. The van der Waals surface area contributed by atoms with Gasteiger partial charge in [-0.3, -0.25) is 4.79 Å². The van der Waals surface area contributed by atoms with Crippen molar-refractivity contribution in [1.29, 1.82) is 0 Å². The van der Waals surface area contributed by atoms with E-state index in [9.17, 15) is 9.18 Å². The van der Waals surface area contributed by atoms with Crippen LogP contribution in [-0.4, -0.2) is 35.4 Å². The minimum absolute atomic E-state index is 0.0228. The number of ether oxygens (including phenoxy) is 1. The monoisotopic (exact) mass is 378 g/mol. The molecule has 1 saturated carbocycles. The molecule has 0 saturated heterocycles. The van der Waals surface area contributed by atoms with Crippen molar-refractivity contribution >= 4 is 10.8 Å². The molecule has 1 aliphatic rings. The molecule has 8 nitrogen and oxygen atoms in total. The number of nitrogens with zero attached hydrogens (tertiary/aromatic N) is 6. The van der Waals surface area contributed by atoms with Crippen LogP contribution < -0.4 is 10.3 Å². The van der Waals surface area contributed by atoms with Crippen LogP contribution in [0.5, 0.6) is 5.88 Å². The molecule has 0 N–H and O–H groups in total. The first kappa shape index (κ1) is 16.5. The van der Waals surface area contributed by atoms with Crippen molar-refractivity contribution in [3.63, 3.8) is 0 Å². The molecule has 4 aromatic heterocycles. The highest BCUT2D eigenvalue weighted by Crippen LogP contribution is 2.30. The average Bonchev–Trinajstić information content (AvgIpc) is 3.46. The molecule has 0 aliphatic heterocycles. The van der Waals surface area contributed by atoms with Crippen molar-refractivity contribution in [3.05, 3.63) is 65.0 Å². The number of fused-ring (bicyclic) bond motifs is 1. The topological polar surface area (TPSA) is 87.7 Å². The molecule has 0 aromatic carbocycles. The molecule has 1 aliphatic carbocycles. The van der Waals surface area contributed by atoms with Crippen molar-refractivity contribution < 1.29 is 9.13 Å². The Morgan fingerprint density at radius 1 is 1.18 bits per heavy atom. The molecule has 0 atom stereocenters. The summed E-state index contributed by atoms with van der Waals surface area (Å²) in [5, 5.41) is 5.16. The van der Waals surface area contributed by atoms with Crippen LogP contribution in [0.4, 0.5) is 4.39 Å². The third kappa shape index (κ3) is 2.63. The molecule has 4 aromatic rings. The lowest BCUT2D eigenvalue weighted by molar-refractivity contribution is 0.274. The van der Waals surface area contributed by atoms with Gasteiger partial charge in [-0.1, -0.05) is 0 Å². The highest BCUT2D eigenvalue weighted by molar-refractivity contribution is 5.84. The maximum Gasteiger partial charge on any atom is 0.283 e. The Balaban J connectivity index is 1.67. The van der Waals surface area contributed by atoms with Crippen LogP contribution in [0, 0.1) is 12.7 Å². The summed E-state index contributed by atoms with van der Waals surface area (Å²) in [6.45, 7) is 1.75. The second-order valence-electron chi connectivity index (χ2n) is 6.59. The van der Waals surface area contributed by atoms with Crippen molar-refractivity contribution in [2.45, 2.75) is 25.9 Å². The van der Waals surface area contributed by atoms with Gasteiger partial charge in [0.05, 0.1) is 17.3 Å². The number of hydrogen-bond donors (Lipinski definition) is 0. The van der Waals surface area contributed by atoms with Gasteiger partial charge in [0.15, 0.2) is 0 Å². The average molecular weight is 378 g/mol. The van der Waals surface area contributed by atoms with E-state index in [1.165, 1.54) is 24.8 Å². The van der Waals surface area contributed by atoms with E-state index in [0.717, 1.165) is 17.5 Å². The zero-order valence-corrected chi connectivity index (χ0v) is 14.9. The lowest BCUT2D eigenvalue weighted by Crippen LogP contribution is -2.22. The highest BCUT2D eigenvalue weighted by Gasteiger charge is 2.27. The van der Waals surface area contributed by atoms with Gasteiger partial charge in [0.1, 0.15) is 6.10 Å². The van der Waals surface area contributed by atoms with Crippen LogP contribution >= 0.6 is 0 Å². The Bertz CT molecular complexity index is 1250. The van der Waals surface area contributed by atoms with Crippen LogP contribution in [0.2, 0.25) is 0 Å². The largest absolute Gasteiger partial charge is 0.472 e. The molecule has 140 valence electrons. The van der Waals surface area contributed by atoms with Gasteiger partial charge in [0.25, 0.3) is 17.4 Å². The summed E-state index contributed by atoms with van der Waals surface area (Å²) in [6.07, 6.45) is 9.62. The molecule has 5 rings (SSSR count). The smallest absolute Gasteiger partial charge is 0.283 e. The first-order chi connectivity index (χ1) is 13.6. The molecule has 0 spiro atoms. The summed E-state index contributed by atoms with van der Waals surface area (Å²) in [4.78, 5) is 25.1. The van der Waals surface area contributed by atoms with Crippen LogP contribution in [0.15, 0.2) is 47.9 Å². The first-order valence-corrected chi connectivity index (χ1v) is 8.82. The first-order valence-electron chi connectivity index (χ1n) is 8.82. The molecule has 9 heteroatoms. The van der Waals surface area contributed by atoms with Crippen molar-refractivity contribution in [1.82, 2.24) is 29.3 Å². The minimum Gasteiger partial charge on any atom is -0.472 e. The second-order valence-corrected chi connectivity index (χ2v) is 6.59. The summed E-state index contributed by atoms with van der Waals surface area (Å²) in [6, 6.07) is 3.20. The van der Waals surface area contributed by atoms with Crippen LogP contribution in [0.3, 0.4) is 0 Å². The van der Waals surface area contributed by atoms with E-state index in [1.807, 2.05) is 0 Å². The summed E-state index contributed by atoms with van der Waals surface area (Å²) in [5.41, 5.74) is 0.472. The minimum atomic E-state index is -0.558. The molecule has 0 radical (unpaired) electrons. The van der Waals surface area contributed by atoms with E-state index >= 15 is 0 Å². The molecule has 0 unspecified atom stereocenters. The lowest BCUT2D eigenvalue weighted by atomic mass is 10.2. The number of aromatic nitrogens is 6. The van der Waals surface area contributed by atoms with Gasteiger partial charge in [-0.2, -0.15) is 14.2 Å². The Morgan fingerprint density at radius 2 is 1.96 bits per heavy atom. The molecule has 0 amide bonds. The van der Waals surface area contributed by atoms with Gasteiger partial charge in [0, 0.05) is 35.9 Å². The van der Waals surface area contributed by atoms with Gasteiger partial charge in [-0.25, -0.2) is 15.0 Å². The van der Waals surface area contributed by atoms with Gasteiger partial charge in [-0.15, -0.1) is 0 Å². The van der Waals surface area contributed by atoms with Gasteiger partial charge >= 0.3 is 0 Å². The van der Waals surface area contributed by atoms with Gasteiger partial charge < -0.3 is 9.30 Å². The van der Waals surface area contributed by atoms with Crippen LogP contribution in [0.25, 0.3) is 22.4 Å². The molecule has 4 heterocycles. The third-order valence-electron chi connectivity index (χ3n) is 4.64. The SMILES string of the molecule is Cc1c2c(=O)n(-c3ncccn3)ncc2cn1-c1ccnc(OC2CC2)c1F. The lowest BCUT2D eigenvalue weighted by Gasteiger charge is -2.10. The maximum atomic E-state index is 15.0. The Hall–Kier alpha value is -3.62. The number of hydrogen-bond acceptors (Lipinski definition) is 6. The standard InChI is InChI=1S/C19H15FN6O2/c1-11-15-12(9-24-26(18(15)27)19-22-6-2-7-23-19)10-25(11)14-5-8-21-17(16(14)20)28-13-3-4-13/h2,5-10,13H,3-4H2,1H3. The number of halogens is 1. The Labute approximate surface area is 158 Å². The van der Waals surface area contributed by atoms with E-state index in [2.05, 4.69) is 20.1 Å². The zero-order chi connectivity index (χ0) is 19.3. The number of pyridine rings is 1. The summed E-state index contributed by atoms with van der Waals surface area (Å²) in [7, 11) is 0. The second kappa shape index (κ2) is 6.22. The summed E-state index contributed by atoms with van der Waals surface area (Å²) in [5.74, 6) is -0.403. The van der Waals surface area contributed by atoms with E-state index in [4.69, 9.17) is 4.74 Å². The fourth-order valence-electron chi connectivity index (χ4n) is 3.10. The maximum absolute atomic E-state index is 15.0. The van der Waals surface area contributed by atoms with E-state index in [0.29, 0.717) is 16.5 Å². The van der Waals surface area contributed by atoms with Gasteiger partial charge in [0.2, 0.25) is 5.82 Å². The predicted molar refractivity (Wildman–Crippen MR) is 98.4 cm³/mol. The zero-order valence-electron chi connectivity index (χ0n) is 14.9. The van der Waals surface area contributed by atoms with Gasteiger partial charge in [-0.05, 0) is 31.9 Å². The fourth-order valence-corrected chi connectivity index (χ4v) is 3.10. The predicted octanol–water partition coefficient (Wildman–Crippen LogP) is 2.35. The molecular formula is C19H15FN6O2. The van der Waals surface area contributed by atoms with Crippen LogP contribution in [-0.2, 0) is 0 Å². The normalized spacial score (nSPS) is 13.8. The summed E-state index contributed by atoms with van der Waals surface area (Å²) >= 11 is 0. The van der Waals surface area contributed by atoms with Crippen LogP contribution in [0.1, 0.15) is 18.5 Å². The highest BCUT2D eigenvalue weighted by atomic mass is 19.1. The number of aryl methyl sites for hydroxylation is 1. The van der Waals surface area contributed by atoms with E-state index < -0.39 is 5.82 Å². The van der Waals surface area contributed by atoms with E-state index in [-0.39, 0.29) is 29.2 Å². The Morgan fingerprint density at radius 3 is 2.71 bits per heavy atom. The molecule has 0 bridgehead atoms. The summed E-state index contributed by atoms with van der Waals surface area (Å²) < 4.78 is 23.3. The Kier molecular flexibility index (Phi) is 3.68. The van der Waals surface area contributed by atoms with Crippen molar-refractivity contribution in [3.8, 4) is 17.5 Å². The molecule has 1 fully saturated rings. The fraction of sp³-hybridized carbons (Fsp3) is 0.211. The van der Waals surface area contributed by atoms with Crippen molar-refractivity contribution in [2.75, 3.05) is 0 Å².